The summed E-state index contributed by atoms with van der Waals surface area (Å²) in [5.41, 5.74) is 3.17. The number of hydrogen-bond acceptors (Lipinski definition) is 1. The zero-order valence-electron chi connectivity index (χ0n) is 13.3. The second kappa shape index (κ2) is 18.8. The van der Waals surface area contributed by atoms with Crippen molar-refractivity contribution in [3.63, 3.8) is 0 Å². The summed E-state index contributed by atoms with van der Waals surface area (Å²) < 4.78 is 5.60. The summed E-state index contributed by atoms with van der Waals surface area (Å²) in [6.07, 6.45) is 18.0. The molecule has 0 spiro atoms. The highest BCUT2D eigenvalue weighted by Gasteiger charge is 1.91. The van der Waals surface area contributed by atoms with E-state index >= 15 is 0 Å². The maximum absolute atomic E-state index is 5.60. The van der Waals surface area contributed by atoms with Crippen LogP contribution in [0.5, 0.6) is 0 Å². The Labute approximate surface area is 131 Å². The zero-order valence-corrected chi connectivity index (χ0v) is 14.1. The Hall–Kier alpha value is -0.230. The molecule has 0 fully saturated rings. The van der Waals surface area contributed by atoms with Gasteiger partial charge in [-0.3, -0.25) is 0 Å². The van der Waals surface area contributed by atoms with E-state index in [1.165, 1.54) is 51.4 Å². The largest absolute Gasteiger partial charge is 0.381 e. The maximum atomic E-state index is 5.60. The van der Waals surface area contributed by atoms with E-state index in [2.05, 4.69) is 24.8 Å². The van der Waals surface area contributed by atoms with Gasteiger partial charge in [0.05, 0.1) is 6.61 Å². The van der Waals surface area contributed by atoms with Crippen LogP contribution in [-0.4, -0.2) is 19.1 Å². The molecule has 118 valence electrons. The summed E-state index contributed by atoms with van der Waals surface area (Å²) in [5, 5.41) is 0. The van der Waals surface area contributed by atoms with Crippen molar-refractivity contribution in [2.45, 2.75) is 77.6 Å². The van der Waals surface area contributed by atoms with Crippen LogP contribution < -0.4 is 0 Å². The molecule has 0 aromatic carbocycles. The Bertz CT molecular complexity index is 232. The summed E-state index contributed by atoms with van der Waals surface area (Å²) in [4.78, 5) is 0. The molecule has 0 aromatic rings. The third-order valence-corrected chi connectivity index (χ3v) is 3.53. The third-order valence-electron chi connectivity index (χ3n) is 3.27. The van der Waals surface area contributed by atoms with E-state index in [-0.39, 0.29) is 0 Å². The lowest BCUT2D eigenvalue weighted by Gasteiger charge is -2.02. The number of hydrogen-bond donors (Lipinski definition) is 0. The van der Waals surface area contributed by atoms with Crippen LogP contribution in [0.15, 0.2) is 17.9 Å². The first-order valence-electron chi connectivity index (χ1n) is 8.45. The van der Waals surface area contributed by atoms with Gasteiger partial charge in [0.2, 0.25) is 0 Å². The molecular weight excluding hydrogens is 268 g/mol. The van der Waals surface area contributed by atoms with Crippen LogP contribution in [0, 0.1) is 0 Å². The van der Waals surface area contributed by atoms with Crippen molar-refractivity contribution in [2.24, 2.45) is 0 Å². The Morgan fingerprint density at radius 1 is 0.800 bits per heavy atom. The molecule has 0 saturated carbocycles. The van der Waals surface area contributed by atoms with Gasteiger partial charge in [0.1, 0.15) is 0 Å². The normalized spacial score (nSPS) is 10.3. The summed E-state index contributed by atoms with van der Waals surface area (Å²) in [5.74, 6) is 0.736. The Balaban J connectivity index is 3.07. The zero-order chi connectivity index (χ0) is 14.7. The van der Waals surface area contributed by atoms with E-state index in [9.17, 15) is 0 Å². The van der Waals surface area contributed by atoms with Gasteiger partial charge < -0.3 is 4.74 Å². The molecule has 0 saturated heterocycles. The second-order valence-electron chi connectivity index (χ2n) is 5.28. The summed E-state index contributed by atoms with van der Waals surface area (Å²) >= 11 is 5.59. The fourth-order valence-electron chi connectivity index (χ4n) is 2.01. The minimum atomic E-state index is 0.736. The average Bonchev–Trinajstić information content (AvgIpc) is 2.47. The van der Waals surface area contributed by atoms with Gasteiger partial charge in [0, 0.05) is 12.5 Å². The van der Waals surface area contributed by atoms with Crippen molar-refractivity contribution in [3.05, 3.63) is 17.9 Å². The van der Waals surface area contributed by atoms with Crippen molar-refractivity contribution in [1.82, 2.24) is 0 Å². The van der Waals surface area contributed by atoms with Crippen molar-refractivity contribution in [3.8, 4) is 0 Å². The van der Waals surface area contributed by atoms with Crippen LogP contribution in [0.25, 0.3) is 0 Å². The standard InChI is InChI=1S/C18H33ClO/c1-2-3-4-5-6-8-11-14-17-20-18-15-12-9-7-10-13-16-19/h7,12H,2-6,8,10-11,13-18H2,1H3. The van der Waals surface area contributed by atoms with E-state index in [0.29, 0.717) is 0 Å². The average molecular weight is 301 g/mol. The number of halogens is 1. The Morgan fingerprint density at radius 3 is 2.15 bits per heavy atom. The molecule has 20 heavy (non-hydrogen) atoms. The highest BCUT2D eigenvalue weighted by atomic mass is 35.5. The van der Waals surface area contributed by atoms with Crippen LogP contribution >= 0.6 is 11.6 Å². The molecule has 0 N–H and O–H groups in total. The van der Waals surface area contributed by atoms with Gasteiger partial charge in [-0.1, -0.05) is 51.9 Å². The van der Waals surface area contributed by atoms with Gasteiger partial charge in [0.15, 0.2) is 0 Å². The molecule has 2 heteroatoms. The molecule has 0 aliphatic rings. The lowest BCUT2D eigenvalue weighted by atomic mass is 10.1. The first kappa shape index (κ1) is 19.8. The Morgan fingerprint density at radius 2 is 1.45 bits per heavy atom. The van der Waals surface area contributed by atoms with Gasteiger partial charge in [0.25, 0.3) is 0 Å². The van der Waals surface area contributed by atoms with Gasteiger partial charge in [-0.05, 0) is 37.8 Å². The van der Waals surface area contributed by atoms with E-state index in [1.807, 2.05) is 0 Å². The molecule has 0 bridgehead atoms. The number of alkyl halides is 1. The number of rotatable bonds is 15. The van der Waals surface area contributed by atoms with E-state index in [0.717, 1.165) is 38.4 Å². The number of ether oxygens (including phenoxy) is 1. The fourth-order valence-corrected chi connectivity index (χ4v) is 2.17. The van der Waals surface area contributed by atoms with Crippen LogP contribution in [-0.2, 0) is 4.74 Å². The molecule has 0 heterocycles. The van der Waals surface area contributed by atoms with Gasteiger partial charge >= 0.3 is 0 Å². The summed E-state index contributed by atoms with van der Waals surface area (Å²) in [6, 6.07) is 0. The van der Waals surface area contributed by atoms with Crippen LogP contribution in [0.4, 0.5) is 0 Å². The van der Waals surface area contributed by atoms with Crippen molar-refractivity contribution in [2.75, 3.05) is 19.1 Å². The summed E-state index contributed by atoms with van der Waals surface area (Å²) in [7, 11) is 0. The van der Waals surface area contributed by atoms with Gasteiger partial charge in [-0.2, -0.15) is 0 Å². The van der Waals surface area contributed by atoms with Gasteiger partial charge in [-0.15, -0.1) is 17.3 Å². The molecule has 1 nitrogen and oxygen atoms in total. The van der Waals surface area contributed by atoms with Crippen molar-refractivity contribution in [1.29, 1.82) is 0 Å². The van der Waals surface area contributed by atoms with Gasteiger partial charge in [-0.25, -0.2) is 0 Å². The summed E-state index contributed by atoms with van der Waals surface area (Å²) in [6.45, 7) is 4.01. The quantitative estimate of drug-likeness (QED) is 0.197. The number of unbranched alkanes of at least 4 members (excludes halogenated alkanes) is 8. The lowest BCUT2D eigenvalue weighted by molar-refractivity contribution is 0.134. The molecule has 0 unspecified atom stereocenters. The highest BCUT2D eigenvalue weighted by molar-refractivity contribution is 6.17. The van der Waals surface area contributed by atoms with Crippen molar-refractivity contribution >= 4 is 11.6 Å². The Kier molecular flexibility index (Phi) is 18.6. The monoisotopic (exact) mass is 300 g/mol. The maximum Gasteiger partial charge on any atom is 0.0506 e. The molecule has 0 radical (unpaired) electrons. The van der Waals surface area contributed by atoms with Crippen LogP contribution in [0.3, 0.4) is 0 Å². The first-order chi connectivity index (χ1) is 9.91. The first-order valence-corrected chi connectivity index (χ1v) is 8.98. The third kappa shape index (κ3) is 17.8. The van der Waals surface area contributed by atoms with E-state index in [4.69, 9.17) is 16.3 Å². The second-order valence-corrected chi connectivity index (χ2v) is 5.66. The highest BCUT2D eigenvalue weighted by Crippen LogP contribution is 2.08. The SMILES string of the molecule is CCCCCCCCCCOCCC=C=CCCCCl. The molecule has 0 rings (SSSR count). The smallest absolute Gasteiger partial charge is 0.0506 e. The lowest BCUT2D eigenvalue weighted by Crippen LogP contribution is -1.95. The van der Waals surface area contributed by atoms with Crippen LogP contribution in [0.1, 0.15) is 77.6 Å². The fraction of sp³-hybridized carbons (Fsp3) is 0.833. The van der Waals surface area contributed by atoms with Crippen molar-refractivity contribution < 1.29 is 4.74 Å². The van der Waals surface area contributed by atoms with E-state index in [1.54, 1.807) is 0 Å². The predicted octanol–water partition coefficient (Wildman–Crippen LogP) is 6.26. The predicted molar refractivity (Wildman–Crippen MR) is 90.7 cm³/mol. The minimum Gasteiger partial charge on any atom is -0.381 e. The molecule has 0 amide bonds. The molecule has 0 atom stereocenters. The molecule has 0 aliphatic heterocycles. The topological polar surface area (TPSA) is 9.23 Å². The van der Waals surface area contributed by atoms with E-state index < -0.39 is 0 Å². The molecule has 0 aliphatic carbocycles. The molecule has 0 aromatic heterocycles. The molecular formula is C18H33ClO. The minimum absolute atomic E-state index is 0.736. The van der Waals surface area contributed by atoms with Crippen LogP contribution in [0.2, 0.25) is 0 Å².